The minimum absolute atomic E-state index is 0.0316. The molecule has 2 aromatic carbocycles. The predicted molar refractivity (Wildman–Crippen MR) is 84.1 cm³/mol. The summed E-state index contributed by atoms with van der Waals surface area (Å²) in [5, 5.41) is 0. The molecule has 4 heteroatoms. The molecule has 2 aromatic rings. The molecular weight excluding hydrogens is 282 g/mol. The van der Waals surface area contributed by atoms with Crippen LogP contribution in [-0.2, 0) is 15.8 Å². The third kappa shape index (κ3) is 3.93. The van der Waals surface area contributed by atoms with E-state index in [0.717, 1.165) is 24.0 Å². The molecule has 3 rings (SSSR count). The molecule has 1 N–H and O–H groups in total. The van der Waals surface area contributed by atoms with Gasteiger partial charge in [-0.05, 0) is 29.9 Å². The Morgan fingerprint density at radius 1 is 0.952 bits per heavy atom. The van der Waals surface area contributed by atoms with Gasteiger partial charge in [0.05, 0.1) is 5.75 Å². The molecule has 1 fully saturated rings. The Balaban J connectivity index is 1.76. The smallest absolute Gasteiger partial charge is 0.212 e. The van der Waals surface area contributed by atoms with Crippen molar-refractivity contribution in [2.45, 2.75) is 24.6 Å². The lowest BCUT2D eigenvalue weighted by molar-refractivity contribution is 0.528. The lowest BCUT2D eigenvalue weighted by Gasteiger charge is -2.19. The van der Waals surface area contributed by atoms with E-state index in [2.05, 4.69) is 4.72 Å². The normalized spacial score (nSPS) is 16.6. The predicted octanol–water partition coefficient (Wildman–Crippen LogP) is 3.26. The highest BCUT2D eigenvalue weighted by Gasteiger charge is 2.34. The zero-order valence-corrected chi connectivity index (χ0v) is 12.6. The minimum atomic E-state index is -3.34. The highest BCUT2D eigenvalue weighted by molar-refractivity contribution is 7.88. The van der Waals surface area contributed by atoms with Crippen LogP contribution in [0.15, 0.2) is 60.7 Å². The second-order valence-corrected chi connectivity index (χ2v) is 7.34. The van der Waals surface area contributed by atoms with Crippen LogP contribution in [-0.4, -0.2) is 8.42 Å². The third-order valence-corrected chi connectivity index (χ3v) is 5.08. The summed E-state index contributed by atoms with van der Waals surface area (Å²) in [4.78, 5) is 0. The first-order chi connectivity index (χ1) is 10.1. The average molecular weight is 301 g/mol. The molecule has 3 nitrogen and oxygen atoms in total. The van der Waals surface area contributed by atoms with Gasteiger partial charge in [0, 0.05) is 6.04 Å². The van der Waals surface area contributed by atoms with E-state index < -0.39 is 10.0 Å². The Kier molecular flexibility index (Phi) is 4.08. The van der Waals surface area contributed by atoms with Gasteiger partial charge in [0.1, 0.15) is 0 Å². The van der Waals surface area contributed by atoms with Gasteiger partial charge in [-0.1, -0.05) is 60.7 Å². The molecule has 1 aliphatic rings. The van der Waals surface area contributed by atoms with Crippen molar-refractivity contribution in [2.75, 3.05) is 0 Å². The van der Waals surface area contributed by atoms with Crippen molar-refractivity contribution < 1.29 is 8.42 Å². The zero-order chi connectivity index (χ0) is 14.7. The van der Waals surface area contributed by atoms with Gasteiger partial charge in [-0.2, -0.15) is 0 Å². The third-order valence-electron chi connectivity index (χ3n) is 3.76. The summed E-state index contributed by atoms with van der Waals surface area (Å²) in [5.74, 6) is 0.460. The van der Waals surface area contributed by atoms with Gasteiger partial charge in [-0.3, -0.25) is 0 Å². The maximum absolute atomic E-state index is 12.4. The second-order valence-electron chi connectivity index (χ2n) is 5.59. The highest BCUT2D eigenvalue weighted by Crippen LogP contribution is 2.41. The first kappa shape index (κ1) is 14.3. The van der Waals surface area contributed by atoms with Gasteiger partial charge in [-0.25, -0.2) is 13.1 Å². The molecule has 1 unspecified atom stereocenters. The summed E-state index contributed by atoms with van der Waals surface area (Å²) in [6.45, 7) is 0. The van der Waals surface area contributed by atoms with Crippen LogP contribution in [0.25, 0.3) is 0 Å². The molecule has 0 aromatic heterocycles. The SMILES string of the molecule is O=S(=O)(Cc1ccccc1)NC(c1ccccc1)C1CC1. The van der Waals surface area contributed by atoms with Crippen LogP contribution in [0.3, 0.4) is 0 Å². The Hall–Kier alpha value is -1.65. The Morgan fingerprint density at radius 2 is 1.52 bits per heavy atom. The van der Waals surface area contributed by atoms with E-state index in [-0.39, 0.29) is 11.8 Å². The molecule has 0 radical (unpaired) electrons. The number of rotatable bonds is 6. The Morgan fingerprint density at radius 3 is 2.10 bits per heavy atom. The van der Waals surface area contributed by atoms with Crippen molar-refractivity contribution in [3.63, 3.8) is 0 Å². The zero-order valence-electron chi connectivity index (χ0n) is 11.8. The van der Waals surface area contributed by atoms with Crippen LogP contribution in [0.1, 0.15) is 30.0 Å². The monoisotopic (exact) mass is 301 g/mol. The fraction of sp³-hybridized carbons (Fsp3) is 0.294. The molecule has 110 valence electrons. The lowest BCUT2D eigenvalue weighted by atomic mass is 10.0. The molecule has 0 saturated heterocycles. The molecule has 0 amide bonds. The largest absolute Gasteiger partial charge is 0.216 e. The summed E-state index contributed by atoms with van der Waals surface area (Å²) in [7, 11) is -3.34. The van der Waals surface area contributed by atoms with Crippen molar-refractivity contribution in [1.29, 1.82) is 0 Å². The standard InChI is InChI=1S/C17H19NO2S/c19-21(20,13-14-7-3-1-4-8-14)18-17(16-11-12-16)15-9-5-2-6-10-15/h1-10,16-18H,11-13H2. The van der Waals surface area contributed by atoms with Gasteiger partial charge in [-0.15, -0.1) is 0 Å². The Bertz CT molecular complexity index is 679. The lowest BCUT2D eigenvalue weighted by Crippen LogP contribution is -2.31. The van der Waals surface area contributed by atoms with Crippen molar-refractivity contribution in [1.82, 2.24) is 4.72 Å². The molecule has 21 heavy (non-hydrogen) atoms. The van der Waals surface area contributed by atoms with Crippen LogP contribution < -0.4 is 4.72 Å². The molecule has 0 heterocycles. The van der Waals surface area contributed by atoms with Gasteiger partial charge in [0.2, 0.25) is 10.0 Å². The van der Waals surface area contributed by atoms with E-state index in [1.807, 2.05) is 60.7 Å². The first-order valence-corrected chi connectivity index (χ1v) is 8.88. The molecule has 1 saturated carbocycles. The maximum Gasteiger partial charge on any atom is 0.216 e. The summed E-state index contributed by atoms with van der Waals surface area (Å²) >= 11 is 0. The number of hydrogen-bond donors (Lipinski definition) is 1. The topological polar surface area (TPSA) is 46.2 Å². The van der Waals surface area contributed by atoms with E-state index in [1.165, 1.54) is 0 Å². The van der Waals surface area contributed by atoms with E-state index >= 15 is 0 Å². The fourth-order valence-corrected chi connectivity index (χ4v) is 3.99. The van der Waals surface area contributed by atoms with Crippen LogP contribution in [0.4, 0.5) is 0 Å². The summed E-state index contributed by atoms with van der Waals surface area (Å²) < 4.78 is 27.7. The minimum Gasteiger partial charge on any atom is -0.212 e. The Labute approximate surface area is 126 Å². The quantitative estimate of drug-likeness (QED) is 0.890. The summed E-state index contributed by atoms with van der Waals surface area (Å²) in [6.07, 6.45) is 2.18. The first-order valence-electron chi connectivity index (χ1n) is 7.23. The summed E-state index contributed by atoms with van der Waals surface area (Å²) in [5.41, 5.74) is 1.87. The highest BCUT2D eigenvalue weighted by atomic mass is 32.2. The van der Waals surface area contributed by atoms with Crippen LogP contribution in [0.2, 0.25) is 0 Å². The number of nitrogens with one attached hydrogen (secondary N) is 1. The van der Waals surface area contributed by atoms with Crippen LogP contribution in [0.5, 0.6) is 0 Å². The molecule has 1 aliphatic carbocycles. The molecular formula is C17H19NO2S. The summed E-state index contributed by atoms with van der Waals surface area (Å²) in [6, 6.07) is 19.0. The van der Waals surface area contributed by atoms with E-state index in [4.69, 9.17) is 0 Å². The van der Waals surface area contributed by atoms with Gasteiger partial charge in [0.25, 0.3) is 0 Å². The maximum atomic E-state index is 12.4. The van der Waals surface area contributed by atoms with E-state index in [9.17, 15) is 8.42 Å². The number of sulfonamides is 1. The number of benzene rings is 2. The molecule has 0 aliphatic heterocycles. The fourth-order valence-electron chi connectivity index (χ4n) is 2.56. The van der Waals surface area contributed by atoms with Crippen molar-refractivity contribution in [2.24, 2.45) is 5.92 Å². The molecule has 0 bridgehead atoms. The van der Waals surface area contributed by atoms with Crippen molar-refractivity contribution >= 4 is 10.0 Å². The van der Waals surface area contributed by atoms with Crippen molar-refractivity contribution in [3.8, 4) is 0 Å². The van der Waals surface area contributed by atoms with Crippen LogP contribution in [0, 0.1) is 5.92 Å². The van der Waals surface area contributed by atoms with Gasteiger partial charge >= 0.3 is 0 Å². The van der Waals surface area contributed by atoms with E-state index in [0.29, 0.717) is 5.92 Å². The van der Waals surface area contributed by atoms with Gasteiger partial charge in [0.15, 0.2) is 0 Å². The van der Waals surface area contributed by atoms with E-state index in [1.54, 1.807) is 0 Å². The molecule has 0 spiro atoms. The van der Waals surface area contributed by atoms with Crippen molar-refractivity contribution in [3.05, 3.63) is 71.8 Å². The van der Waals surface area contributed by atoms with Gasteiger partial charge < -0.3 is 0 Å². The second kappa shape index (κ2) is 6.00. The molecule has 1 atom stereocenters. The average Bonchev–Trinajstić information content (AvgIpc) is 3.31. The number of hydrogen-bond acceptors (Lipinski definition) is 2. The van der Waals surface area contributed by atoms with Crippen LogP contribution >= 0.6 is 0 Å².